The van der Waals surface area contributed by atoms with E-state index in [1.54, 1.807) is 43.3 Å². The van der Waals surface area contributed by atoms with Gasteiger partial charge >= 0.3 is 10.2 Å². The van der Waals surface area contributed by atoms with Crippen LogP contribution in [0.5, 0.6) is 5.75 Å². The van der Waals surface area contributed by atoms with Gasteiger partial charge in [-0.1, -0.05) is 35.3 Å². The van der Waals surface area contributed by atoms with E-state index in [0.29, 0.717) is 27.2 Å². The van der Waals surface area contributed by atoms with Gasteiger partial charge in [-0.05, 0) is 37.3 Å². The molecule has 0 saturated heterocycles. The Bertz CT molecular complexity index is 1000. The first-order valence-electron chi connectivity index (χ1n) is 8.47. The second kappa shape index (κ2) is 8.06. The minimum absolute atomic E-state index is 0.101. The summed E-state index contributed by atoms with van der Waals surface area (Å²) in [5, 5.41) is 3.45. The minimum Gasteiger partial charge on any atom is -0.479 e. The van der Waals surface area contributed by atoms with E-state index in [-0.39, 0.29) is 19.0 Å². The summed E-state index contributed by atoms with van der Waals surface area (Å²) < 4.78 is 33.2. The largest absolute Gasteiger partial charge is 0.479 e. The van der Waals surface area contributed by atoms with Gasteiger partial charge in [0.1, 0.15) is 5.75 Å². The molecule has 0 aromatic heterocycles. The molecule has 1 N–H and O–H groups in total. The van der Waals surface area contributed by atoms with Crippen molar-refractivity contribution in [1.82, 2.24) is 5.32 Å². The van der Waals surface area contributed by atoms with Crippen LogP contribution in [0, 0.1) is 0 Å². The Balaban J connectivity index is 1.59. The fourth-order valence-electron chi connectivity index (χ4n) is 2.81. The molecule has 150 valence electrons. The van der Waals surface area contributed by atoms with Crippen LogP contribution in [0.25, 0.3) is 0 Å². The van der Waals surface area contributed by atoms with Gasteiger partial charge in [-0.2, -0.15) is 8.42 Å². The number of fused-ring (bicyclic) bond motifs is 1. The van der Waals surface area contributed by atoms with Crippen LogP contribution in [0.15, 0.2) is 42.5 Å². The first kappa shape index (κ1) is 20.6. The predicted molar refractivity (Wildman–Crippen MR) is 111 cm³/mol. The molecule has 0 spiro atoms. The molecule has 0 radical (unpaired) electrons. The van der Waals surface area contributed by atoms with Crippen molar-refractivity contribution in [1.29, 1.82) is 0 Å². The summed E-state index contributed by atoms with van der Waals surface area (Å²) in [6, 6.07) is 11.7. The number of carbonyl (C=O) groups excluding carboxylic acids is 1. The number of anilines is 2. The van der Waals surface area contributed by atoms with Gasteiger partial charge in [0.15, 0.2) is 6.10 Å². The monoisotopic (exact) mass is 443 g/mol. The molecule has 0 bridgehead atoms. The molecule has 1 heterocycles. The Morgan fingerprint density at radius 1 is 1.18 bits per heavy atom. The maximum absolute atomic E-state index is 12.6. The van der Waals surface area contributed by atoms with Gasteiger partial charge in [-0.3, -0.25) is 9.10 Å². The lowest BCUT2D eigenvalue weighted by Gasteiger charge is -2.20. The number of benzene rings is 2. The highest BCUT2D eigenvalue weighted by atomic mass is 35.5. The van der Waals surface area contributed by atoms with E-state index in [0.717, 1.165) is 0 Å². The molecule has 7 nitrogen and oxygen atoms in total. The third-order valence-electron chi connectivity index (χ3n) is 4.30. The van der Waals surface area contributed by atoms with Gasteiger partial charge in [0.05, 0.1) is 22.9 Å². The summed E-state index contributed by atoms with van der Waals surface area (Å²) in [6.07, 6.45) is -0.816. The fourth-order valence-corrected chi connectivity index (χ4v) is 4.69. The molecule has 28 heavy (non-hydrogen) atoms. The highest BCUT2D eigenvalue weighted by molar-refractivity contribution is 7.94. The van der Waals surface area contributed by atoms with E-state index in [4.69, 9.17) is 27.9 Å². The highest BCUT2D eigenvalue weighted by Gasteiger charge is 2.37. The van der Waals surface area contributed by atoms with Gasteiger partial charge in [0.25, 0.3) is 5.91 Å². The lowest BCUT2D eigenvalue weighted by atomic mass is 10.2. The van der Waals surface area contributed by atoms with Gasteiger partial charge in [-0.15, -0.1) is 0 Å². The summed E-state index contributed by atoms with van der Waals surface area (Å²) in [5.74, 6) is -0.0457. The number of nitrogens with one attached hydrogen (secondary N) is 1. The van der Waals surface area contributed by atoms with Crippen molar-refractivity contribution in [2.45, 2.75) is 13.0 Å². The number of para-hydroxylation sites is 2. The van der Waals surface area contributed by atoms with Crippen LogP contribution in [0.1, 0.15) is 6.92 Å². The van der Waals surface area contributed by atoms with Crippen LogP contribution < -0.4 is 18.7 Å². The van der Waals surface area contributed by atoms with Crippen molar-refractivity contribution in [2.24, 2.45) is 0 Å². The van der Waals surface area contributed by atoms with E-state index in [2.05, 4.69) is 5.32 Å². The minimum atomic E-state index is -3.65. The molecular formula is C18H19Cl2N3O4S. The van der Waals surface area contributed by atoms with Crippen LogP contribution in [-0.2, 0) is 15.0 Å². The second-order valence-corrected chi connectivity index (χ2v) is 8.89. The number of hydrogen-bond acceptors (Lipinski definition) is 4. The van der Waals surface area contributed by atoms with Crippen LogP contribution in [0.4, 0.5) is 11.4 Å². The van der Waals surface area contributed by atoms with Crippen molar-refractivity contribution in [3.05, 3.63) is 52.5 Å². The average Bonchev–Trinajstić information content (AvgIpc) is 2.84. The molecular weight excluding hydrogens is 425 g/mol. The molecule has 0 aliphatic carbocycles. The average molecular weight is 444 g/mol. The van der Waals surface area contributed by atoms with Crippen LogP contribution in [-0.4, -0.2) is 40.6 Å². The third kappa shape index (κ3) is 3.99. The molecule has 10 heteroatoms. The maximum Gasteiger partial charge on any atom is 0.326 e. The standard InChI is InChI=1S/C18H19Cl2N3O4S/c1-12(27-17-8-7-13(19)11-14(17)20)18(24)21-9-10-23-16-6-4-3-5-15(16)22(2)28(23,25)26/h3-8,11-12H,9-10H2,1-2H3,(H,21,24)/t12-/m0/s1. The molecule has 0 unspecified atom stereocenters. The van der Waals surface area contributed by atoms with Crippen LogP contribution in [0.2, 0.25) is 10.0 Å². The third-order valence-corrected chi connectivity index (χ3v) is 6.65. The zero-order valence-electron chi connectivity index (χ0n) is 15.2. The van der Waals surface area contributed by atoms with Crippen LogP contribution in [0.3, 0.4) is 0 Å². The molecule has 1 aliphatic rings. The van der Waals surface area contributed by atoms with Gasteiger partial charge in [0.2, 0.25) is 0 Å². The second-order valence-electron chi connectivity index (χ2n) is 6.16. The first-order valence-corrected chi connectivity index (χ1v) is 10.6. The molecule has 1 atom stereocenters. The number of ether oxygens (including phenoxy) is 1. The van der Waals surface area contributed by atoms with E-state index in [9.17, 15) is 13.2 Å². The molecule has 3 rings (SSSR count). The fraction of sp³-hybridized carbons (Fsp3) is 0.278. The first-order chi connectivity index (χ1) is 13.2. The quantitative estimate of drug-likeness (QED) is 0.743. The number of rotatable bonds is 6. The molecule has 2 aromatic carbocycles. The number of hydrogen-bond donors (Lipinski definition) is 1. The lowest BCUT2D eigenvalue weighted by Crippen LogP contribution is -2.43. The maximum atomic E-state index is 12.6. The van der Waals surface area contributed by atoms with Gasteiger partial charge in [0, 0.05) is 18.6 Å². The summed E-state index contributed by atoms with van der Waals surface area (Å²) in [4.78, 5) is 12.3. The highest BCUT2D eigenvalue weighted by Crippen LogP contribution is 2.39. The van der Waals surface area contributed by atoms with E-state index < -0.39 is 16.3 Å². The number of halogens is 2. The summed E-state index contributed by atoms with van der Waals surface area (Å²) in [5.41, 5.74) is 1.18. The normalized spacial score (nSPS) is 15.9. The van der Waals surface area contributed by atoms with Crippen molar-refractivity contribution < 1.29 is 17.9 Å². The Labute approximate surface area is 174 Å². The summed E-state index contributed by atoms with van der Waals surface area (Å²) >= 11 is 11.9. The van der Waals surface area contributed by atoms with Gasteiger partial charge in [-0.25, -0.2) is 4.31 Å². The van der Waals surface area contributed by atoms with Crippen molar-refractivity contribution in [2.75, 3.05) is 28.7 Å². The van der Waals surface area contributed by atoms with E-state index >= 15 is 0 Å². The SMILES string of the molecule is C[C@H](Oc1ccc(Cl)cc1Cl)C(=O)NCCN1c2ccccc2N(C)S1(=O)=O. The van der Waals surface area contributed by atoms with E-state index in [1.807, 2.05) is 0 Å². The number of nitrogens with zero attached hydrogens (tertiary/aromatic N) is 2. The Morgan fingerprint density at radius 3 is 2.54 bits per heavy atom. The zero-order chi connectivity index (χ0) is 20.5. The Hall–Kier alpha value is -2.16. The molecule has 2 aromatic rings. The molecule has 1 aliphatic heterocycles. The van der Waals surface area contributed by atoms with Gasteiger partial charge < -0.3 is 10.1 Å². The zero-order valence-corrected chi connectivity index (χ0v) is 17.6. The Morgan fingerprint density at radius 2 is 1.86 bits per heavy atom. The number of carbonyl (C=O) groups is 1. The molecule has 0 saturated carbocycles. The number of amides is 1. The topological polar surface area (TPSA) is 79.0 Å². The smallest absolute Gasteiger partial charge is 0.326 e. The predicted octanol–water partition coefficient (Wildman–Crippen LogP) is 3.08. The summed E-state index contributed by atoms with van der Waals surface area (Å²) in [7, 11) is -2.15. The summed E-state index contributed by atoms with van der Waals surface area (Å²) in [6.45, 7) is 1.81. The van der Waals surface area contributed by atoms with E-state index in [1.165, 1.54) is 21.7 Å². The van der Waals surface area contributed by atoms with Crippen molar-refractivity contribution in [3.8, 4) is 5.75 Å². The Kier molecular flexibility index (Phi) is 5.92. The van der Waals surface area contributed by atoms with Crippen molar-refractivity contribution >= 4 is 50.7 Å². The molecule has 0 fully saturated rings. The van der Waals surface area contributed by atoms with Crippen molar-refractivity contribution in [3.63, 3.8) is 0 Å². The molecule has 1 amide bonds. The lowest BCUT2D eigenvalue weighted by molar-refractivity contribution is -0.127. The van der Waals surface area contributed by atoms with Crippen LogP contribution >= 0.6 is 23.2 Å².